The number of nitrogens with zero attached hydrogens (tertiary/aromatic N) is 4. The third-order valence-corrected chi connectivity index (χ3v) is 5.08. The van der Waals surface area contributed by atoms with Crippen LogP contribution in [0, 0.1) is 0 Å². The number of rotatable bonds is 3. The fourth-order valence-electron chi connectivity index (χ4n) is 2.95. The highest BCUT2D eigenvalue weighted by Gasteiger charge is 2.25. The number of aromatic nitrogens is 2. The van der Waals surface area contributed by atoms with Gasteiger partial charge in [-0.2, -0.15) is 0 Å². The van der Waals surface area contributed by atoms with E-state index < -0.39 is 0 Å². The molecular formula is C18H17N5O2S. The van der Waals surface area contributed by atoms with Gasteiger partial charge in [-0.15, -0.1) is 0 Å². The average Bonchev–Trinajstić information content (AvgIpc) is 3.00. The summed E-state index contributed by atoms with van der Waals surface area (Å²) in [5.41, 5.74) is 1.84. The van der Waals surface area contributed by atoms with Gasteiger partial charge in [0.25, 0.3) is 11.1 Å². The molecule has 2 amide bonds. The van der Waals surface area contributed by atoms with Crippen molar-refractivity contribution in [3.8, 4) is 0 Å². The van der Waals surface area contributed by atoms with Crippen molar-refractivity contribution in [2.75, 3.05) is 36.0 Å². The van der Waals surface area contributed by atoms with Crippen molar-refractivity contribution in [2.24, 2.45) is 0 Å². The highest BCUT2D eigenvalue weighted by atomic mass is 32.2. The molecule has 4 rings (SSSR count). The fourth-order valence-corrected chi connectivity index (χ4v) is 3.62. The number of thioether (sulfide) groups is 1. The van der Waals surface area contributed by atoms with Crippen molar-refractivity contribution in [1.29, 1.82) is 0 Å². The Morgan fingerprint density at radius 1 is 1.00 bits per heavy atom. The van der Waals surface area contributed by atoms with E-state index in [1.807, 2.05) is 18.2 Å². The van der Waals surface area contributed by atoms with E-state index in [1.165, 1.54) is 5.69 Å². The highest BCUT2D eigenvalue weighted by Crippen LogP contribution is 2.25. The summed E-state index contributed by atoms with van der Waals surface area (Å²) in [6.07, 6.45) is 3.30. The minimum absolute atomic E-state index is 0.354. The highest BCUT2D eigenvalue weighted by molar-refractivity contribution is 8.18. The van der Waals surface area contributed by atoms with E-state index in [-0.39, 0.29) is 11.1 Å². The molecule has 0 aliphatic carbocycles. The van der Waals surface area contributed by atoms with E-state index in [1.54, 1.807) is 18.3 Å². The molecule has 2 aliphatic heterocycles. The molecular weight excluding hydrogens is 350 g/mol. The Kier molecular flexibility index (Phi) is 4.57. The zero-order chi connectivity index (χ0) is 17.9. The lowest BCUT2D eigenvalue weighted by Crippen LogP contribution is -2.47. The first-order chi connectivity index (χ1) is 12.7. The number of carbonyl (C=O) groups is 2. The smallest absolute Gasteiger partial charge is 0.290 e. The van der Waals surface area contributed by atoms with Gasteiger partial charge in [0.2, 0.25) is 5.95 Å². The van der Waals surface area contributed by atoms with Crippen molar-refractivity contribution >= 4 is 40.6 Å². The number of para-hydroxylation sites is 1. The van der Waals surface area contributed by atoms with Gasteiger partial charge in [0, 0.05) is 38.1 Å². The van der Waals surface area contributed by atoms with Crippen LogP contribution in [0.1, 0.15) is 5.69 Å². The monoisotopic (exact) mass is 367 g/mol. The van der Waals surface area contributed by atoms with Gasteiger partial charge in [0.15, 0.2) is 0 Å². The zero-order valence-electron chi connectivity index (χ0n) is 14.0. The van der Waals surface area contributed by atoms with Crippen molar-refractivity contribution < 1.29 is 9.59 Å². The molecule has 0 unspecified atom stereocenters. The van der Waals surface area contributed by atoms with Crippen LogP contribution in [-0.2, 0) is 4.79 Å². The molecule has 2 aromatic rings. The molecule has 7 nitrogen and oxygen atoms in total. The lowest BCUT2D eigenvalue weighted by Gasteiger charge is -2.36. The molecule has 26 heavy (non-hydrogen) atoms. The molecule has 0 atom stereocenters. The second-order valence-electron chi connectivity index (χ2n) is 5.94. The summed E-state index contributed by atoms with van der Waals surface area (Å²) >= 11 is 0.889. The number of hydrogen-bond donors (Lipinski definition) is 1. The van der Waals surface area contributed by atoms with Gasteiger partial charge in [-0.1, -0.05) is 18.2 Å². The molecule has 3 heterocycles. The fraction of sp³-hybridized carbons (Fsp3) is 0.222. The van der Waals surface area contributed by atoms with Crippen LogP contribution in [0.25, 0.3) is 6.08 Å². The van der Waals surface area contributed by atoms with Crippen LogP contribution in [0.4, 0.5) is 16.4 Å². The molecule has 2 aliphatic rings. The van der Waals surface area contributed by atoms with Gasteiger partial charge in [0.1, 0.15) is 0 Å². The van der Waals surface area contributed by atoms with Crippen molar-refractivity contribution in [3.63, 3.8) is 0 Å². The van der Waals surface area contributed by atoms with Crippen LogP contribution < -0.4 is 15.1 Å². The number of piperazine rings is 1. The molecule has 2 fully saturated rings. The second kappa shape index (κ2) is 7.17. The van der Waals surface area contributed by atoms with Crippen molar-refractivity contribution in [1.82, 2.24) is 15.3 Å². The number of imide groups is 1. The summed E-state index contributed by atoms with van der Waals surface area (Å²) < 4.78 is 0. The largest absolute Gasteiger partial charge is 0.368 e. The summed E-state index contributed by atoms with van der Waals surface area (Å²) in [5.74, 6) is 0.262. The Labute approximate surface area is 155 Å². The lowest BCUT2D eigenvalue weighted by atomic mass is 10.2. The molecule has 1 N–H and O–H groups in total. The first-order valence-electron chi connectivity index (χ1n) is 8.32. The normalized spacial score (nSPS) is 19.2. The molecule has 8 heteroatoms. The topological polar surface area (TPSA) is 78.4 Å². The van der Waals surface area contributed by atoms with Gasteiger partial charge in [-0.3, -0.25) is 14.9 Å². The van der Waals surface area contributed by atoms with Crippen molar-refractivity contribution in [3.05, 3.63) is 53.2 Å². The lowest BCUT2D eigenvalue weighted by molar-refractivity contribution is -0.115. The Morgan fingerprint density at radius 3 is 2.42 bits per heavy atom. The molecule has 0 radical (unpaired) electrons. The second-order valence-corrected chi connectivity index (χ2v) is 6.96. The van der Waals surface area contributed by atoms with E-state index in [9.17, 15) is 9.59 Å². The van der Waals surface area contributed by atoms with E-state index >= 15 is 0 Å². The molecule has 0 saturated carbocycles. The van der Waals surface area contributed by atoms with Gasteiger partial charge < -0.3 is 9.80 Å². The van der Waals surface area contributed by atoms with Crippen LogP contribution in [0.15, 0.2) is 47.5 Å². The van der Waals surface area contributed by atoms with E-state index in [2.05, 4.69) is 37.2 Å². The average molecular weight is 367 g/mol. The quantitative estimate of drug-likeness (QED) is 0.833. The van der Waals surface area contributed by atoms with Gasteiger partial charge >= 0.3 is 0 Å². The predicted molar refractivity (Wildman–Crippen MR) is 102 cm³/mol. The van der Waals surface area contributed by atoms with Gasteiger partial charge in [-0.25, -0.2) is 9.97 Å². The number of amides is 2. The predicted octanol–water partition coefficient (Wildman–Crippen LogP) is 2.13. The Hall–Kier alpha value is -2.87. The summed E-state index contributed by atoms with van der Waals surface area (Å²) in [6, 6.07) is 12.1. The summed E-state index contributed by atoms with van der Waals surface area (Å²) in [4.78, 5) is 36.7. The number of carbonyl (C=O) groups excluding carboxylic acids is 2. The zero-order valence-corrected chi connectivity index (χ0v) is 14.8. The summed E-state index contributed by atoms with van der Waals surface area (Å²) in [5, 5.41) is 1.89. The Balaban J connectivity index is 1.45. The molecule has 0 spiro atoms. The Bertz CT molecular complexity index is 863. The third kappa shape index (κ3) is 3.55. The number of nitrogens with one attached hydrogen (secondary N) is 1. The van der Waals surface area contributed by atoms with Crippen LogP contribution in [0.3, 0.4) is 0 Å². The summed E-state index contributed by atoms with van der Waals surface area (Å²) in [7, 11) is 0. The minimum Gasteiger partial charge on any atom is -0.368 e. The molecule has 2 saturated heterocycles. The van der Waals surface area contributed by atoms with Gasteiger partial charge in [0.05, 0.1) is 10.6 Å². The summed E-state index contributed by atoms with van der Waals surface area (Å²) in [6.45, 7) is 3.43. The van der Waals surface area contributed by atoms with Crippen molar-refractivity contribution in [2.45, 2.75) is 0 Å². The van der Waals surface area contributed by atoms with Crippen LogP contribution >= 0.6 is 11.8 Å². The maximum atomic E-state index is 11.7. The number of hydrogen-bond acceptors (Lipinski definition) is 7. The third-order valence-electron chi connectivity index (χ3n) is 4.27. The van der Waals surface area contributed by atoms with E-state index in [0.29, 0.717) is 16.5 Å². The number of benzene rings is 1. The van der Waals surface area contributed by atoms with Crippen LogP contribution in [0.5, 0.6) is 0 Å². The van der Waals surface area contributed by atoms with Crippen LogP contribution in [0.2, 0.25) is 0 Å². The molecule has 1 aromatic carbocycles. The Morgan fingerprint density at radius 2 is 1.73 bits per heavy atom. The van der Waals surface area contributed by atoms with Gasteiger partial charge in [-0.05, 0) is 36.0 Å². The van der Waals surface area contributed by atoms with Crippen LogP contribution in [-0.4, -0.2) is 47.3 Å². The molecule has 132 valence electrons. The SMILES string of the molecule is O=C1NC(=O)C(=Cc2ccnc(N3CCN(c4ccccc4)CC3)n2)S1. The maximum Gasteiger partial charge on any atom is 0.290 e. The standard InChI is InChI=1S/C18H17N5O2S/c24-16-15(26-18(25)21-16)12-13-6-7-19-17(20-13)23-10-8-22(9-11-23)14-4-2-1-3-5-14/h1-7,12H,8-11H2,(H,21,24,25). The molecule has 1 aromatic heterocycles. The van der Waals surface area contributed by atoms with E-state index in [4.69, 9.17) is 0 Å². The maximum absolute atomic E-state index is 11.7. The first-order valence-corrected chi connectivity index (χ1v) is 9.13. The van der Waals surface area contributed by atoms with E-state index in [0.717, 1.165) is 37.9 Å². The number of anilines is 2. The first kappa shape index (κ1) is 16.6. The minimum atomic E-state index is -0.378. The molecule has 0 bridgehead atoms.